The van der Waals surface area contributed by atoms with Crippen LogP contribution < -0.4 is 10.1 Å². The molecule has 0 bridgehead atoms. The number of carbonyl (C=O) groups excluding carboxylic acids is 2. The lowest BCUT2D eigenvalue weighted by molar-refractivity contribution is -0.121. The Morgan fingerprint density at radius 1 is 1.11 bits per heavy atom. The molecule has 0 spiro atoms. The van der Waals surface area contributed by atoms with Crippen LogP contribution in [0.2, 0.25) is 0 Å². The number of piperidine rings is 1. The summed E-state index contributed by atoms with van der Waals surface area (Å²) in [5.74, 6) is -1.62. The second-order valence-corrected chi connectivity index (χ2v) is 6.23. The Morgan fingerprint density at radius 2 is 1.78 bits per heavy atom. The Morgan fingerprint density at radius 3 is 2.41 bits per heavy atom. The zero-order chi connectivity index (χ0) is 19.4. The molecule has 2 heterocycles. The van der Waals surface area contributed by atoms with Gasteiger partial charge in [-0.05, 0) is 37.1 Å². The van der Waals surface area contributed by atoms with Gasteiger partial charge in [-0.2, -0.15) is 0 Å². The van der Waals surface area contributed by atoms with Crippen molar-refractivity contribution in [3.05, 3.63) is 47.9 Å². The van der Waals surface area contributed by atoms with E-state index in [9.17, 15) is 14.4 Å². The van der Waals surface area contributed by atoms with E-state index in [4.69, 9.17) is 14.3 Å². The maximum Gasteiger partial charge on any atom is 0.371 e. The summed E-state index contributed by atoms with van der Waals surface area (Å²) in [6.07, 6.45) is 1.03. The van der Waals surface area contributed by atoms with E-state index >= 15 is 0 Å². The van der Waals surface area contributed by atoms with E-state index in [0.717, 1.165) is 0 Å². The van der Waals surface area contributed by atoms with Crippen LogP contribution in [0.3, 0.4) is 0 Å². The zero-order valence-electron chi connectivity index (χ0n) is 14.8. The van der Waals surface area contributed by atoms with Crippen LogP contribution >= 0.6 is 0 Å². The summed E-state index contributed by atoms with van der Waals surface area (Å²) in [7, 11) is 1.54. The van der Waals surface area contributed by atoms with E-state index in [1.54, 1.807) is 24.1 Å². The fraction of sp³-hybridized carbons (Fsp3) is 0.316. The molecule has 0 aliphatic carbocycles. The largest absolute Gasteiger partial charge is 0.495 e. The molecule has 1 saturated heterocycles. The number of ether oxygens (including phenoxy) is 1. The van der Waals surface area contributed by atoms with E-state index in [0.29, 0.717) is 37.4 Å². The first kappa shape index (κ1) is 18.5. The maximum atomic E-state index is 12.5. The normalized spacial score (nSPS) is 14.6. The molecule has 1 aliphatic rings. The van der Waals surface area contributed by atoms with Crippen molar-refractivity contribution in [2.75, 3.05) is 25.5 Å². The molecular formula is C19H20N2O6. The van der Waals surface area contributed by atoms with Crippen LogP contribution in [0.1, 0.15) is 34.0 Å². The summed E-state index contributed by atoms with van der Waals surface area (Å²) in [6, 6.07) is 9.78. The smallest absolute Gasteiger partial charge is 0.371 e. The van der Waals surface area contributed by atoms with Gasteiger partial charge in [-0.3, -0.25) is 9.59 Å². The molecule has 2 aromatic rings. The van der Waals surface area contributed by atoms with Gasteiger partial charge in [0, 0.05) is 19.0 Å². The number of carboxylic acids is 1. The molecular weight excluding hydrogens is 352 g/mol. The van der Waals surface area contributed by atoms with Gasteiger partial charge in [0.1, 0.15) is 5.75 Å². The molecule has 8 heteroatoms. The monoisotopic (exact) mass is 372 g/mol. The lowest BCUT2D eigenvalue weighted by atomic mass is 9.95. The zero-order valence-corrected chi connectivity index (χ0v) is 14.8. The van der Waals surface area contributed by atoms with Crippen molar-refractivity contribution in [2.24, 2.45) is 5.92 Å². The van der Waals surface area contributed by atoms with Crippen molar-refractivity contribution in [2.45, 2.75) is 12.8 Å². The van der Waals surface area contributed by atoms with Crippen molar-refractivity contribution >= 4 is 23.5 Å². The summed E-state index contributed by atoms with van der Waals surface area (Å²) >= 11 is 0. The quantitative estimate of drug-likeness (QED) is 0.835. The molecule has 3 rings (SSSR count). The number of amides is 2. The summed E-state index contributed by atoms with van der Waals surface area (Å²) in [6.45, 7) is 0.790. The Bertz CT molecular complexity index is 851. The third kappa shape index (κ3) is 4.11. The van der Waals surface area contributed by atoms with E-state index in [-0.39, 0.29) is 29.3 Å². The molecule has 1 aliphatic heterocycles. The fourth-order valence-electron chi connectivity index (χ4n) is 3.05. The number of nitrogens with zero attached hydrogens (tertiary/aromatic N) is 1. The van der Waals surface area contributed by atoms with Crippen LogP contribution in [0.15, 0.2) is 40.8 Å². The Hall–Kier alpha value is -3.29. The van der Waals surface area contributed by atoms with E-state index < -0.39 is 5.97 Å². The van der Waals surface area contributed by atoms with Crippen LogP contribution in [-0.2, 0) is 4.79 Å². The highest BCUT2D eigenvalue weighted by Gasteiger charge is 2.29. The first-order valence-corrected chi connectivity index (χ1v) is 8.56. The highest BCUT2D eigenvalue weighted by atomic mass is 16.5. The number of benzene rings is 1. The van der Waals surface area contributed by atoms with Crippen LogP contribution in [0, 0.1) is 5.92 Å². The Kier molecular flexibility index (Phi) is 5.44. The third-order valence-electron chi connectivity index (χ3n) is 4.55. The van der Waals surface area contributed by atoms with Crippen molar-refractivity contribution in [3.8, 4) is 5.75 Å². The van der Waals surface area contributed by atoms with Gasteiger partial charge < -0.3 is 24.5 Å². The number of rotatable bonds is 5. The number of hydrogen-bond acceptors (Lipinski definition) is 5. The van der Waals surface area contributed by atoms with Gasteiger partial charge in [0.2, 0.25) is 11.7 Å². The molecule has 0 radical (unpaired) electrons. The van der Waals surface area contributed by atoms with Crippen molar-refractivity contribution in [3.63, 3.8) is 0 Å². The molecule has 1 aromatic heterocycles. The number of furan rings is 1. The number of carboxylic acid groups (broad SMARTS) is 1. The average Bonchev–Trinajstić information content (AvgIpc) is 3.18. The molecule has 27 heavy (non-hydrogen) atoms. The second kappa shape index (κ2) is 7.94. The van der Waals surface area contributed by atoms with Gasteiger partial charge in [0.25, 0.3) is 5.91 Å². The second-order valence-electron chi connectivity index (χ2n) is 6.23. The fourth-order valence-corrected chi connectivity index (χ4v) is 3.05. The van der Waals surface area contributed by atoms with Gasteiger partial charge >= 0.3 is 5.97 Å². The number of aromatic carboxylic acids is 1. The number of likely N-dealkylation sites (tertiary alicyclic amines) is 1. The summed E-state index contributed by atoms with van der Waals surface area (Å²) in [4.78, 5) is 37.3. The summed E-state index contributed by atoms with van der Waals surface area (Å²) in [5, 5.41) is 11.7. The number of para-hydroxylation sites is 2. The van der Waals surface area contributed by atoms with Gasteiger partial charge in [0.15, 0.2) is 5.76 Å². The molecule has 0 atom stereocenters. The van der Waals surface area contributed by atoms with Crippen molar-refractivity contribution < 1.29 is 28.6 Å². The molecule has 0 saturated carbocycles. The first-order chi connectivity index (χ1) is 13.0. The predicted octanol–water partition coefficient (Wildman–Crippen LogP) is 2.48. The number of hydrogen-bond donors (Lipinski definition) is 2. The van der Waals surface area contributed by atoms with E-state index in [1.165, 1.54) is 12.1 Å². The molecule has 2 amide bonds. The number of nitrogens with one attached hydrogen (secondary N) is 1. The first-order valence-electron chi connectivity index (χ1n) is 8.56. The average molecular weight is 372 g/mol. The van der Waals surface area contributed by atoms with Gasteiger partial charge in [0.05, 0.1) is 12.8 Å². The van der Waals surface area contributed by atoms with E-state index in [1.807, 2.05) is 12.1 Å². The van der Waals surface area contributed by atoms with Crippen molar-refractivity contribution in [1.29, 1.82) is 0 Å². The summed E-state index contributed by atoms with van der Waals surface area (Å²) in [5.41, 5.74) is 0.611. The predicted molar refractivity (Wildman–Crippen MR) is 95.9 cm³/mol. The van der Waals surface area contributed by atoms with Crippen LogP contribution in [0.4, 0.5) is 5.69 Å². The maximum absolute atomic E-state index is 12.5. The minimum Gasteiger partial charge on any atom is -0.495 e. The topological polar surface area (TPSA) is 109 Å². The highest BCUT2D eigenvalue weighted by molar-refractivity contribution is 5.95. The number of anilines is 1. The summed E-state index contributed by atoms with van der Waals surface area (Å²) < 4.78 is 10.3. The SMILES string of the molecule is COc1ccccc1NC(=O)C1CCN(C(=O)c2ccc(C(=O)O)o2)CC1. The molecule has 1 aromatic carbocycles. The molecule has 1 fully saturated rings. The van der Waals surface area contributed by atoms with Gasteiger partial charge in [-0.15, -0.1) is 0 Å². The number of carbonyl (C=O) groups is 3. The standard InChI is InChI=1S/C19H20N2O6/c1-26-14-5-3-2-4-13(14)20-17(22)12-8-10-21(11-9-12)18(23)15-6-7-16(27-15)19(24)25/h2-7,12H,8-11H2,1H3,(H,20,22)(H,24,25). The molecule has 0 unspecified atom stereocenters. The van der Waals surface area contributed by atoms with Crippen LogP contribution in [-0.4, -0.2) is 48.0 Å². The molecule has 2 N–H and O–H groups in total. The molecule has 8 nitrogen and oxygen atoms in total. The number of methoxy groups -OCH3 is 1. The lowest BCUT2D eigenvalue weighted by Crippen LogP contribution is -2.41. The Labute approximate surface area is 155 Å². The van der Waals surface area contributed by atoms with Crippen molar-refractivity contribution in [1.82, 2.24) is 4.90 Å². The molecule has 142 valence electrons. The van der Waals surface area contributed by atoms with E-state index in [2.05, 4.69) is 5.32 Å². The minimum atomic E-state index is -1.22. The Balaban J connectivity index is 1.57. The van der Waals surface area contributed by atoms with Gasteiger partial charge in [-0.25, -0.2) is 4.79 Å². The highest BCUT2D eigenvalue weighted by Crippen LogP contribution is 2.26. The minimum absolute atomic E-state index is 0.00989. The lowest BCUT2D eigenvalue weighted by Gasteiger charge is -2.30. The van der Waals surface area contributed by atoms with Gasteiger partial charge in [-0.1, -0.05) is 12.1 Å². The third-order valence-corrected chi connectivity index (χ3v) is 4.55. The van der Waals surface area contributed by atoms with Crippen LogP contribution in [0.25, 0.3) is 0 Å². The van der Waals surface area contributed by atoms with Crippen LogP contribution in [0.5, 0.6) is 5.75 Å².